The highest BCUT2D eigenvalue weighted by Crippen LogP contribution is 2.52. The fourth-order valence-corrected chi connectivity index (χ4v) is 6.12. The predicted octanol–water partition coefficient (Wildman–Crippen LogP) is 9.10. The number of carbonyl (C=O) groups is 1. The highest BCUT2D eigenvalue weighted by molar-refractivity contribution is 6.43. The topological polar surface area (TPSA) is 17.1 Å². The molecule has 1 aliphatic carbocycles. The lowest BCUT2D eigenvalue weighted by Gasteiger charge is -2.27. The second-order valence-electron chi connectivity index (χ2n) is 8.63. The fraction of sp³-hybridized carbons (Fsp3) is 0.0333. The molecule has 0 saturated carbocycles. The number of hydrogen-bond acceptors (Lipinski definition) is 1. The second kappa shape index (κ2) is 6.81. The Balaban J connectivity index is 1.82. The molecule has 1 unspecified atom stereocenters. The van der Waals surface area contributed by atoms with Crippen LogP contribution in [-0.2, 0) is 0 Å². The molecule has 0 spiro atoms. The maximum atomic E-state index is 13.3. The largest absolute Gasteiger partial charge is 0.292 e. The summed E-state index contributed by atoms with van der Waals surface area (Å²) in [5.41, 5.74) is 3.41. The Morgan fingerprint density at radius 1 is 0.606 bits per heavy atom. The van der Waals surface area contributed by atoms with E-state index in [0.29, 0.717) is 10.6 Å². The summed E-state index contributed by atoms with van der Waals surface area (Å²) in [6.45, 7) is 0. The Labute approximate surface area is 200 Å². The summed E-state index contributed by atoms with van der Waals surface area (Å²) in [7, 11) is 0. The predicted molar refractivity (Wildman–Crippen MR) is 140 cm³/mol. The first-order valence-electron chi connectivity index (χ1n) is 10.9. The van der Waals surface area contributed by atoms with Gasteiger partial charge in [-0.3, -0.25) is 4.79 Å². The van der Waals surface area contributed by atoms with Crippen LogP contribution in [0.15, 0.2) is 91.0 Å². The van der Waals surface area contributed by atoms with Gasteiger partial charge in [-0.05, 0) is 72.6 Å². The highest BCUT2D eigenvalue weighted by Gasteiger charge is 2.34. The molecule has 1 atom stereocenters. The van der Waals surface area contributed by atoms with Crippen LogP contribution < -0.4 is 0 Å². The summed E-state index contributed by atoms with van der Waals surface area (Å²) in [4.78, 5) is 13.3. The van der Waals surface area contributed by atoms with Gasteiger partial charge in [0.05, 0.1) is 0 Å². The summed E-state index contributed by atoms with van der Waals surface area (Å²) < 4.78 is 0. The van der Waals surface area contributed by atoms with Gasteiger partial charge in [0.1, 0.15) is 5.38 Å². The number of alkyl halides is 1. The van der Waals surface area contributed by atoms with E-state index in [-0.39, 0.29) is 5.78 Å². The fourth-order valence-electron chi connectivity index (χ4n) is 5.51. The molecule has 7 rings (SSSR count). The molecule has 6 aromatic rings. The van der Waals surface area contributed by atoms with Crippen molar-refractivity contribution in [2.45, 2.75) is 5.38 Å². The molecular weight excluding hydrogens is 447 g/mol. The van der Waals surface area contributed by atoms with Crippen LogP contribution in [0.1, 0.15) is 21.3 Å². The number of hydrogen-bond donors (Lipinski definition) is 0. The van der Waals surface area contributed by atoms with Crippen LogP contribution in [0.25, 0.3) is 54.2 Å². The van der Waals surface area contributed by atoms with E-state index in [1.807, 2.05) is 36.4 Å². The zero-order valence-electron chi connectivity index (χ0n) is 17.4. The van der Waals surface area contributed by atoms with Gasteiger partial charge in [-0.1, -0.05) is 84.4 Å². The van der Waals surface area contributed by atoms with Gasteiger partial charge >= 0.3 is 0 Å². The molecule has 0 radical (unpaired) electrons. The molecule has 0 aliphatic heterocycles. The smallest absolute Gasteiger partial charge is 0.185 e. The van der Waals surface area contributed by atoms with Crippen LogP contribution in [0.4, 0.5) is 0 Å². The first-order valence-corrected chi connectivity index (χ1v) is 11.7. The normalized spacial score (nSPS) is 15.3. The second-order valence-corrected chi connectivity index (χ2v) is 9.48. The van der Waals surface area contributed by atoms with Crippen molar-refractivity contribution >= 4 is 72.1 Å². The number of halogens is 2. The Morgan fingerprint density at radius 3 is 2.12 bits per heavy atom. The minimum atomic E-state index is -0.794. The molecule has 0 aromatic heterocycles. The highest BCUT2D eigenvalue weighted by atomic mass is 35.5. The third kappa shape index (κ3) is 2.52. The number of benzene rings is 6. The molecule has 0 bridgehead atoms. The first-order chi connectivity index (χ1) is 16.1. The van der Waals surface area contributed by atoms with E-state index < -0.39 is 5.38 Å². The van der Waals surface area contributed by atoms with Crippen LogP contribution in [0.3, 0.4) is 0 Å². The third-order valence-electron chi connectivity index (χ3n) is 6.92. The number of carbonyl (C=O) groups excluding carboxylic acids is 1. The van der Waals surface area contributed by atoms with E-state index in [4.69, 9.17) is 23.2 Å². The summed E-state index contributed by atoms with van der Waals surface area (Å²) >= 11 is 13.7. The quantitative estimate of drug-likeness (QED) is 0.125. The average molecular weight is 463 g/mol. The van der Waals surface area contributed by atoms with Gasteiger partial charge in [-0.15, -0.1) is 11.6 Å². The Morgan fingerprint density at radius 2 is 1.30 bits per heavy atom. The summed E-state index contributed by atoms with van der Waals surface area (Å²) in [5.74, 6) is -0.0778. The van der Waals surface area contributed by atoms with Gasteiger partial charge in [0, 0.05) is 16.0 Å². The molecule has 1 nitrogen and oxygen atoms in total. The molecule has 0 heterocycles. The van der Waals surface area contributed by atoms with E-state index >= 15 is 0 Å². The monoisotopic (exact) mass is 462 g/mol. The average Bonchev–Trinajstić information content (AvgIpc) is 2.85. The maximum absolute atomic E-state index is 13.3. The zero-order chi connectivity index (χ0) is 22.3. The van der Waals surface area contributed by atoms with Gasteiger partial charge in [0.15, 0.2) is 5.78 Å². The van der Waals surface area contributed by atoms with Gasteiger partial charge in [-0.2, -0.15) is 0 Å². The molecule has 6 aromatic carbocycles. The molecule has 33 heavy (non-hydrogen) atoms. The van der Waals surface area contributed by atoms with Crippen LogP contribution >= 0.6 is 23.2 Å². The first kappa shape index (κ1) is 19.1. The van der Waals surface area contributed by atoms with Crippen LogP contribution in [0.5, 0.6) is 0 Å². The standard InChI is InChI=1S/C30H16Cl2O/c31-24-11-5-10-19-21-13-12-18-14-16-6-1-2-7-17(16)15-23(18)25(21)27-20-8-3-4-9-22(20)30(33)29(32)28(27)26(19)24/h1-15,29H. The van der Waals surface area contributed by atoms with Crippen LogP contribution in [0, 0.1) is 0 Å². The SMILES string of the molecule is O=C1c2ccccc2-c2c(c3c(Cl)cccc3c3ccc4cc5ccccc5cc4c23)C1Cl. The lowest BCUT2D eigenvalue weighted by atomic mass is 9.78. The van der Waals surface area contributed by atoms with Gasteiger partial charge < -0.3 is 0 Å². The van der Waals surface area contributed by atoms with E-state index in [0.717, 1.165) is 49.0 Å². The van der Waals surface area contributed by atoms with Crippen molar-refractivity contribution in [3.05, 3.63) is 107 Å². The van der Waals surface area contributed by atoms with Crippen molar-refractivity contribution in [1.82, 2.24) is 0 Å². The van der Waals surface area contributed by atoms with Crippen molar-refractivity contribution in [2.24, 2.45) is 0 Å². The molecule has 1 aliphatic rings. The maximum Gasteiger partial charge on any atom is 0.185 e. The number of Topliss-reactive ketones (excluding diaryl/α,β-unsaturated/α-hetero) is 1. The molecule has 0 fully saturated rings. The Hall–Kier alpha value is -3.39. The minimum absolute atomic E-state index is 0.0778. The Kier molecular flexibility index (Phi) is 3.94. The molecule has 156 valence electrons. The Bertz CT molecular complexity index is 1820. The van der Waals surface area contributed by atoms with Crippen molar-refractivity contribution in [1.29, 1.82) is 0 Å². The van der Waals surface area contributed by atoms with E-state index in [1.165, 1.54) is 10.8 Å². The zero-order valence-corrected chi connectivity index (χ0v) is 18.9. The van der Waals surface area contributed by atoms with Gasteiger partial charge in [-0.25, -0.2) is 0 Å². The van der Waals surface area contributed by atoms with E-state index in [9.17, 15) is 4.79 Å². The van der Waals surface area contributed by atoms with Crippen molar-refractivity contribution in [2.75, 3.05) is 0 Å². The lowest BCUT2D eigenvalue weighted by Crippen LogP contribution is -2.16. The van der Waals surface area contributed by atoms with Gasteiger partial charge in [0.2, 0.25) is 0 Å². The third-order valence-corrected chi connectivity index (χ3v) is 7.66. The molecular formula is C30H16Cl2O. The van der Waals surface area contributed by atoms with Crippen LogP contribution in [0.2, 0.25) is 5.02 Å². The summed E-state index contributed by atoms with van der Waals surface area (Å²) in [6.07, 6.45) is 0. The summed E-state index contributed by atoms with van der Waals surface area (Å²) in [5, 5.41) is 8.62. The molecule has 0 N–H and O–H groups in total. The number of rotatable bonds is 0. The molecule has 3 heteroatoms. The molecule has 0 saturated heterocycles. The van der Waals surface area contributed by atoms with Crippen LogP contribution in [-0.4, -0.2) is 5.78 Å². The molecule has 0 amide bonds. The summed E-state index contributed by atoms with van der Waals surface area (Å²) in [6, 6.07) is 30.9. The number of ketones is 1. The van der Waals surface area contributed by atoms with Gasteiger partial charge in [0.25, 0.3) is 0 Å². The van der Waals surface area contributed by atoms with Crippen molar-refractivity contribution in [3.63, 3.8) is 0 Å². The van der Waals surface area contributed by atoms with Crippen molar-refractivity contribution in [3.8, 4) is 11.1 Å². The van der Waals surface area contributed by atoms with Crippen molar-refractivity contribution < 1.29 is 4.79 Å². The minimum Gasteiger partial charge on any atom is -0.292 e. The number of fused-ring (bicyclic) bond motifs is 11. The van der Waals surface area contributed by atoms with E-state index in [2.05, 4.69) is 54.6 Å². The van der Waals surface area contributed by atoms with E-state index in [1.54, 1.807) is 0 Å². The lowest BCUT2D eigenvalue weighted by molar-refractivity contribution is 0.0986.